The van der Waals surface area contributed by atoms with Crippen LogP contribution in [0.3, 0.4) is 0 Å². The average molecular weight is 928 g/mol. The topological polar surface area (TPSA) is 0 Å². The molecule has 0 nitrogen and oxygen atoms in total. The predicted molar refractivity (Wildman–Crippen MR) is 222 cm³/mol. The molecule has 282 valence electrons. The van der Waals surface area contributed by atoms with Gasteiger partial charge in [-0.1, -0.05) is 125 Å². The molecule has 6 rings (SSSR count). The average Bonchev–Trinajstić information content (AvgIpc) is 3.73. The molecule has 0 spiro atoms. The van der Waals surface area contributed by atoms with Gasteiger partial charge < -0.3 is 24.8 Å². The van der Waals surface area contributed by atoms with Crippen LogP contribution >= 0.6 is 0 Å². The van der Waals surface area contributed by atoms with Crippen LogP contribution in [-0.2, 0) is 51.5 Å². The Balaban J connectivity index is 0.00000271. The fourth-order valence-corrected chi connectivity index (χ4v) is 7.60. The number of halogens is 2. The molecule has 2 aliphatic rings. The van der Waals surface area contributed by atoms with Gasteiger partial charge in [0.15, 0.2) is 0 Å². The number of hydrogen-bond donors (Lipinski definition) is 0. The van der Waals surface area contributed by atoms with Crippen molar-refractivity contribution in [3.8, 4) is 69.6 Å². The van der Waals surface area contributed by atoms with Crippen LogP contribution < -0.4 is 24.8 Å². The van der Waals surface area contributed by atoms with Crippen molar-refractivity contribution in [3.05, 3.63) is 116 Å². The Morgan fingerprint density at radius 1 is 0.436 bits per heavy atom. The first kappa shape index (κ1) is 46.0. The van der Waals surface area contributed by atoms with E-state index in [1.807, 2.05) is 0 Å². The molecule has 0 aliphatic heterocycles. The van der Waals surface area contributed by atoms with E-state index >= 15 is 0 Å². The molecule has 0 radical (unpaired) electrons. The van der Waals surface area contributed by atoms with Crippen LogP contribution in [0.4, 0.5) is 0 Å². The zero-order valence-electron chi connectivity index (χ0n) is 33.3. The van der Waals surface area contributed by atoms with Gasteiger partial charge in [-0.05, 0) is 143 Å². The number of unbranched alkanes of at least 4 members (excludes halogenated alkanes) is 8. The van der Waals surface area contributed by atoms with Gasteiger partial charge in [0.1, 0.15) is 0 Å². The third kappa shape index (κ3) is 11.6. The van der Waals surface area contributed by atoms with Crippen molar-refractivity contribution in [3.63, 3.8) is 0 Å². The molecule has 0 bridgehead atoms. The van der Waals surface area contributed by atoms with Gasteiger partial charge in [0.05, 0.1) is 0 Å². The van der Waals surface area contributed by atoms with E-state index in [1.165, 1.54) is 92.4 Å². The summed E-state index contributed by atoms with van der Waals surface area (Å²) in [4.78, 5) is 0. The van der Waals surface area contributed by atoms with Gasteiger partial charge in [0.2, 0.25) is 0 Å². The summed E-state index contributed by atoms with van der Waals surface area (Å²) in [7, 11) is 0. The predicted octanol–water partition coefficient (Wildman–Crippen LogP) is 6.79. The van der Waals surface area contributed by atoms with Crippen LogP contribution in [0.15, 0.2) is 60.7 Å². The normalized spacial score (nSPS) is 10.8. The van der Waals surface area contributed by atoms with E-state index in [9.17, 15) is 0 Å². The fraction of sp³-hybridized carbons (Fsp3) is 0.385. The molecule has 55 heavy (non-hydrogen) atoms. The number of benzene rings is 4. The molecule has 4 aromatic carbocycles. The van der Waals surface area contributed by atoms with E-state index < -0.39 is 0 Å². The molecule has 0 saturated heterocycles. The van der Waals surface area contributed by atoms with Gasteiger partial charge in [0.25, 0.3) is 0 Å². The van der Waals surface area contributed by atoms with Crippen LogP contribution in [0.5, 0.6) is 0 Å². The van der Waals surface area contributed by atoms with Crippen molar-refractivity contribution in [1.82, 2.24) is 0 Å². The summed E-state index contributed by atoms with van der Waals surface area (Å²) in [6.45, 7) is 8.93. The van der Waals surface area contributed by atoms with E-state index in [0.29, 0.717) is 0 Å². The van der Waals surface area contributed by atoms with Crippen LogP contribution in [0.2, 0.25) is 0 Å². The minimum atomic E-state index is 0. The Kier molecular flexibility index (Phi) is 19.7. The monoisotopic (exact) mass is 928 g/mol. The molecular weight excluding hydrogens is 874 g/mol. The Labute approximate surface area is 364 Å². The first-order valence-corrected chi connectivity index (χ1v) is 20.2. The zero-order chi connectivity index (χ0) is 36.1. The molecule has 0 aromatic heterocycles. The van der Waals surface area contributed by atoms with Crippen molar-refractivity contribution >= 4 is 0 Å². The quantitative estimate of drug-likeness (QED) is 0.0765. The second-order valence-electron chi connectivity index (χ2n) is 14.5. The van der Waals surface area contributed by atoms with Crippen LogP contribution in [0.25, 0.3) is 22.3 Å². The van der Waals surface area contributed by atoms with Crippen molar-refractivity contribution in [1.29, 1.82) is 0 Å². The molecule has 0 heterocycles. The van der Waals surface area contributed by atoms with Gasteiger partial charge in [-0.15, -0.1) is 0 Å². The molecule has 2 aliphatic carbocycles. The summed E-state index contributed by atoms with van der Waals surface area (Å²) in [6.07, 6.45) is 16.9. The molecule has 0 unspecified atom stereocenters. The molecule has 3 heteroatoms. The van der Waals surface area contributed by atoms with E-state index in [0.717, 1.165) is 88.2 Å². The molecule has 0 atom stereocenters. The van der Waals surface area contributed by atoms with E-state index in [2.05, 4.69) is 136 Å². The molecule has 0 N–H and O–H groups in total. The maximum Gasteiger partial charge on any atom is 0.0280 e. The summed E-state index contributed by atoms with van der Waals surface area (Å²) in [5.41, 5.74) is 18.6. The summed E-state index contributed by atoms with van der Waals surface area (Å²) < 4.78 is 0. The summed E-state index contributed by atoms with van der Waals surface area (Å²) >= 11 is 0. The Bertz CT molecular complexity index is 2020. The Morgan fingerprint density at radius 2 is 0.782 bits per heavy atom. The van der Waals surface area contributed by atoms with E-state index in [1.54, 1.807) is 0 Å². The van der Waals surface area contributed by atoms with Gasteiger partial charge in [-0.3, -0.25) is 0 Å². The number of fused-ring (bicyclic) bond motifs is 6. The Hall–Kier alpha value is -3.43. The second-order valence-corrected chi connectivity index (χ2v) is 14.5. The first-order chi connectivity index (χ1) is 25.6. The number of rotatable bonds is 11. The van der Waals surface area contributed by atoms with Gasteiger partial charge in [-0.2, -0.15) is 0 Å². The van der Waals surface area contributed by atoms with Gasteiger partial charge >= 0.3 is 0 Å². The molecular formula is C52H54Cl2Hf-2. The van der Waals surface area contributed by atoms with Gasteiger partial charge in [-0.25, -0.2) is 0 Å². The van der Waals surface area contributed by atoms with E-state index in [-0.39, 0.29) is 50.7 Å². The maximum absolute atomic E-state index is 3.64. The standard InChI is InChI=1S/C52H54.2ClH.Hf/c1-5-9-13-17-21-39-25-29-47-43(35-39)37-51-45(41(27-31-49(47)51)23-19-15-11-7-3)33-34-46-42(24-20-16-12-8-4)28-32-50-48-30-26-40(22-18-14-10-6-2)36-44(48)38-52(46)50;;;/h25-32,35-36H,5-16,33-34,37-38H2,1-4H3;2*1H;/p-2. The Morgan fingerprint density at radius 3 is 1.15 bits per heavy atom. The molecule has 4 aromatic rings. The van der Waals surface area contributed by atoms with Crippen LogP contribution in [0, 0.1) is 47.4 Å². The van der Waals surface area contributed by atoms with Crippen molar-refractivity contribution in [2.45, 2.75) is 130 Å². The molecule has 0 saturated carbocycles. The smallest absolute Gasteiger partial charge is 0.0280 e. The summed E-state index contributed by atoms with van der Waals surface area (Å²) in [5.74, 6) is 28.0. The minimum absolute atomic E-state index is 0. The SMILES string of the molecule is CCCCC#Cc1ccc2c(c1)Cc1c-2ccc(C#CCCCC)c1CCc1c(C#CCCCC)ccc2c1Cc1cc(C#CCCCC)ccc1-2.[Cl-].[Cl-].[Hf]. The third-order valence-corrected chi connectivity index (χ3v) is 10.5. The minimum Gasteiger partial charge on any atom is -1.00 e. The van der Waals surface area contributed by atoms with Gasteiger partial charge in [0, 0.05) is 73.8 Å². The van der Waals surface area contributed by atoms with Crippen molar-refractivity contribution in [2.24, 2.45) is 0 Å². The van der Waals surface area contributed by atoms with Crippen molar-refractivity contribution < 1.29 is 50.7 Å². The van der Waals surface area contributed by atoms with Crippen LogP contribution in [0.1, 0.15) is 160 Å². The van der Waals surface area contributed by atoms with Crippen LogP contribution in [-0.4, -0.2) is 0 Å². The summed E-state index contributed by atoms with van der Waals surface area (Å²) in [6, 6.07) is 22.9. The second kappa shape index (κ2) is 23.6. The summed E-state index contributed by atoms with van der Waals surface area (Å²) in [5, 5.41) is 0. The number of hydrogen-bond acceptors (Lipinski definition) is 0. The van der Waals surface area contributed by atoms with Crippen molar-refractivity contribution in [2.75, 3.05) is 0 Å². The maximum atomic E-state index is 3.64. The largest absolute Gasteiger partial charge is 1.00 e. The van der Waals surface area contributed by atoms with E-state index in [4.69, 9.17) is 0 Å². The molecule has 0 fully saturated rings. The zero-order valence-corrected chi connectivity index (χ0v) is 38.4. The fourth-order valence-electron chi connectivity index (χ4n) is 7.60. The first-order valence-electron chi connectivity index (χ1n) is 20.2. The molecule has 0 amide bonds. The third-order valence-electron chi connectivity index (χ3n) is 10.5.